The summed E-state index contributed by atoms with van der Waals surface area (Å²) in [6.45, 7) is 4.11. The molecule has 0 amide bonds. The van der Waals surface area contributed by atoms with Crippen LogP contribution in [-0.2, 0) is 5.54 Å². The zero-order valence-electron chi connectivity index (χ0n) is 8.68. The Labute approximate surface area is 92.4 Å². The lowest BCUT2D eigenvalue weighted by Crippen LogP contribution is -2.28. The summed E-state index contributed by atoms with van der Waals surface area (Å²) in [6.07, 6.45) is 4.56. The van der Waals surface area contributed by atoms with Gasteiger partial charge in [-0.05, 0) is 26.0 Å². The first-order valence-electron chi connectivity index (χ1n) is 4.69. The molecule has 2 rings (SSSR count). The summed E-state index contributed by atoms with van der Waals surface area (Å²) in [7, 11) is 0. The van der Waals surface area contributed by atoms with E-state index in [2.05, 4.69) is 18.8 Å². The minimum absolute atomic E-state index is 0.270. The maximum absolute atomic E-state index is 10.9. The molecule has 0 spiro atoms. The first kappa shape index (κ1) is 10.1. The average Bonchev–Trinajstić information content (AvgIpc) is 2.89. The third-order valence-electron chi connectivity index (χ3n) is 2.46. The van der Waals surface area contributed by atoms with Gasteiger partial charge in [-0.1, -0.05) is 0 Å². The molecule has 0 bridgehead atoms. The van der Waals surface area contributed by atoms with Crippen molar-refractivity contribution in [3.05, 3.63) is 40.6 Å². The Bertz CT molecular complexity index is 457. The molecule has 0 saturated carbocycles. The van der Waals surface area contributed by atoms with Gasteiger partial charge < -0.3 is 4.57 Å². The van der Waals surface area contributed by atoms with Gasteiger partial charge >= 0.3 is 0 Å². The van der Waals surface area contributed by atoms with Crippen LogP contribution in [0.15, 0.2) is 29.9 Å². The van der Waals surface area contributed by atoms with E-state index in [1.807, 2.05) is 28.3 Å². The summed E-state index contributed by atoms with van der Waals surface area (Å²) >= 11 is 1.60. The fourth-order valence-corrected chi connectivity index (χ4v) is 2.39. The minimum atomic E-state index is -0.270. The normalized spacial score (nSPS) is 11.6. The predicted molar refractivity (Wildman–Crippen MR) is 60.4 cm³/mol. The molecule has 0 fully saturated rings. The van der Waals surface area contributed by atoms with Crippen LogP contribution in [0.3, 0.4) is 0 Å². The van der Waals surface area contributed by atoms with E-state index in [-0.39, 0.29) is 5.54 Å². The van der Waals surface area contributed by atoms with Crippen molar-refractivity contribution in [3.63, 3.8) is 0 Å². The first-order valence-corrected chi connectivity index (χ1v) is 5.57. The highest BCUT2D eigenvalue weighted by atomic mass is 32.1. The Hall–Kier alpha value is -1.42. The van der Waals surface area contributed by atoms with E-state index in [1.165, 1.54) is 0 Å². The molecule has 0 aromatic carbocycles. The quantitative estimate of drug-likeness (QED) is 0.745. The smallest absolute Gasteiger partial charge is 0.166 e. The molecule has 2 aromatic rings. The van der Waals surface area contributed by atoms with Gasteiger partial charge in [0.15, 0.2) is 6.29 Å². The van der Waals surface area contributed by atoms with Gasteiger partial charge in [-0.2, -0.15) is 0 Å². The number of aldehydes is 1. The van der Waals surface area contributed by atoms with Crippen molar-refractivity contribution in [1.29, 1.82) is 0 Å². The molecule has 0 aliphatic carbocycles. The summed E-state index contributed by atoms with van der Waals surface area (Å²) in [5, 5.41) is 2.95. The van der Waals surface area contributed by atoms with Crippen LogP contribution < -0.4 is 0 Å². The number of thiazole rings is 1. The van der Waals surface area contributed by atoms with Crippen molar-refractivity contribution < 1.29 is 4.79 Å². The second-order valence-electron chi connectivity index (χ2n) is 3.82. The molecule has 0 aliphatic heterocycles. The summed E-state index contributed by atoms with van der Waals surface area (Å²) in [4.78, 5) is 15.2. The molecule has 15 heavy (non-hydrogen) atoms. The second kappa shape index (κ2) is 3.62. The fourth-order valence-electron chi connectivity index (χ4n) is 1.63. The largest absolute Gasteiger partial charge is 0.333 e. The SMILES string of the molecule is CC(C)(c1nccs1)n1cccc1C=O. The number of aromatic nitrogens is 2. The molecule has 3 nitrogen and oxygen atoms in total. The van der Waals surface area contributed by atoms with Crippen LogP contribution >= 0.6 is 11.3 Å². The first-order chi connectivity index (χ1) is 7.16. The number of carbonyl (C=O) groups is 1. The minimum Gasteiger partial charge on any atom is -0.333 e. The van der Waals surface area contributed by atoms with Crippen LogP contribution in [-0.4, -0.2) is 15.8 Å². The number of rotatable bonds is 3. The molecule has 2 heterocycles. The number of hydrogen-bond donors (Lipinski definition) is 0. The zero-order chi connectivity index (χ0) is 10.9. The lowest BCUT2D eigenvalue weighted by atomic mass is 10.1. The summed E-state index contributed by atoms with van der Waals surface area (Å²) in [6, 6.07) is 3.68. The van der Waals surface area contributed by atoms with Crippen LogP contribution in [0, 0.1) is 0 Å². The molecule has 0 atom stereocenters. The van der Waals surface area contributed by atoms with Gasteiger partial charge in [0.1, 0.15) is 5.01 Å². The Balaban J connectivity index is 2.50. The van der Waals surface area contributed by atoms with Crippen molar-refractivity contribution in [1.82, 2.24) is 9.55 Å². The van der Waals surface area contributed by atoms with Crippen molar-refractivity contribution in [3.8, 4) is 0 Å². The molecular weight excluding hydrogens is 208 g/mol. The predicted octanol–water partition coefficient (Wildman–Crippen LogP) is 2.54. The standard InChI is InChI=1S/C11H12N2OS/c1-11(2,10-12-5-7-15-10)13-6-3-4-9(13)8-14/h3-8H,1-2H3. The molecular formula is C11H12N2OS. The van der Waals surface area contributed by atoms with Gasteiger partial charge in [-0.15, -0.1) is 11.3 Å². The van der Waals surface area contributed by atoms with E-state index in [1.54, 1.807) is 17.5 Å². The molecule has 2 aromatic heterocycles. The molecule has 0 unspecified atom stereocenters. The Morgan fingerprint density at radius 2 is 2.33 bits per heavy atom. The Morgan fingerprint density at radius 1 is 1.53 bits per heavy atom. The van der Waals surface area contributed by atoms with Gasteiger partial charge in [-0.3, -0.25) is 4.79 Å². The molecule has 0 N–H and O–H groups in total. The molecule has 4 heteroatoms. The monoisotopic (exact) mass is 220 g/mol. The highest BCUT2D eigenvalue weighted by Gasteiger charge is 2.26. The highest BCUT2D eigenvalue weighted by Crippen LogP contribution is 2.28. The highest BCUT2D eigenvalue weighted by molar-refractivity contribution is 7.09. The lowest BCUT2D eigenvalue weighted by Gasteiger charge is -2.25. The topological polar surface area (TPSA) is 34.9 Å². The average molecular weight is 220 g/mol. The van der Waals surface area contributed by atoms with Crippen molar-refractivity contribution >= 4 is 17.6 Å². The molecule has 0 saturated heterocycles. The summed E-state index contributed by atoms with van der Waals surface area (Å²) in [5.74, 6) is 0. The van der Waals surface area contributed by atoms with E-state index >= 15 is 0 Å². The number of nitrogens with zero attached hydrogens (tertiary/aromatic N) is 2. The van der Waals surface area contributed by atoms with Crippen LogP contribution in [0.25, 0.3) is 0 Å². The maximum Gasteiger partial charge on any atom is 0.166 e. The van der Waals surface area contributed by atoms with E-state index in [9.17, 15) is 4.79 Å². The fraction of sp³-hybridized carbons (Fsp3) is 0.273. The third kappa shape index (κ3) is 1.61. The van der Waals surface area contributed by atoms with Crippen molar-refractivity contribution in [2.24, 2.45) is 0 Å². The zero-order valence-corrected chi connectivity index (χ0v) is 9.49. The van der Waals surface area contributed by atoms with Gasteiger partial charge in [0, 0.05) is 17.8 Å². The van der Waals surface area contributed by atoms with Crippen LogP contribution in [0.2, 0.25) is 0 Å². The summed E-state index contributed by atoms with van der Waals surface area (Å²) in [5.41, 5.74) is 0.406. The number of hydrogen-bond acceptors (Lipinski definition) is 3. The van der Waals surface area contributed by atoms with Crippen LogP contribution in [0.5, 0.6) is 0 Å². The lowest BCUT2D eigenvalue weighted by molar-refractivity contribution is 0.111. The Morgan fingerprint density at radius 3 is 2.93 bits per heavy atom. The molecule has 78 valence electrons. The van der Waals surface area contributed by atoms with Gasteiger partial charge in [0.25, 0.3) is 0 Å². The summed E-state index contributed by atoms with van der Waals surface area (Å²) < 4.78 is 1.94. The van der Waals surface area contributed by atoms with Crippen molar-refractivity contribution in [2.75, 3.05) is 0 Å². The van der Waals surface area contributed by atoms with E-state index in [0.717, 1.165) is 11.3 Å². The van der Waals surface area contributed by atoms with Gasteiger partial charge in [0.05, 0.1) is 11.2 Å². The molecule has 0 aliphatic rings. The number of carbonyl (C=O) groups excluding carboxylic acids is 1. The van der Waals surface area contributed by atoms with Crippen LogP contribution in [0.1, 0.15) is 29.3 Å². The Kier molecular flexibility index (Phi) is 2.44. The van der Waals surface area contributed by atoms with Gasteiger partial charge in [0.2, 0.25) is 0 Å². The maximum atomic E-state index is 10.9. The van der Waals surface area contributed by atoms with E-state index in [0.29, 0.717) is 5.69 Å². The van der Waals surface area contributed by atoms with Crippen LogP contribution in [0.4, 0.5) is 0 Å². The third-order valence-corrected chi connectivity index (χ3v) is 3.54. The van der Waals surface area contributed by atoms with Crippen molar-refractivity contribution in [2.45, 2.75) is 19.4 Å². The van der Waals surface area contributed by atoms with Gasteiger partial charge in [-0.25, -0.2) is 4.98 Å². The molecule has 0 radical (unpaired) electrons. The van der Waals surface area contributed by atoms with E-state index < -0.39 is 0 Å². The van der Waals surface area contributed by atoms with E-state index in [4.69, 9.17) is 0 Å². The second-order valence-corrected chi connectivity index (χ2v) is 4.71.